The summed E-state index contributed by atoms with van der Waals surface area (Å²) in [5.41, 5.74) is 4.41. The number of anilines is 2. The number of benzene rings is 2. The molecular weight excluding hydrogens is 464 g/mol. The third kappa shape index (κ3) is 7.27. The van der Waals surface area contributed by atoms with E-state index < -0.39 is 0 Å². The van der Waals surface area contributed by atoms with Crippen molar-refractivity contribution in [3.8, 4) is 5.75 Å². The molecule has 0 spiro atoms. The van der Waals surface area contributed by atoms with Gasteiger partial charge in [0.15, 0.2) is 0 Å². The summed E-state index contributed by atoms with van der Waals surface area (Å²) in [5.74, 6) is 1.56. The zero-order chi connectivity index (χ0) is 25.5. The molecule has 6 rings (SSSR count). The van der Waals surface area contributed by atoms with Crippen molar-refractivity contribution >= 4 is 17.4 Å². The van der Waals surface area contributed by atoms with Crippen molar-refractivity contribution in [3.63, 3.8) is 0 Å². The van der Waals surface area contributed by atoms with Crippen LogP contribution < -0.4 is 15.4 Å². The Labute approximate surface area is 219 Å². The van der Waals surface area contributed by atoms with Crippen molar-refractivity contribution in [2.75, 3.05) is 45.2 Å². The van der Waals surface area contributed by atoms with Crippen molar-refractivity contribution in [2.45, 2.75) is 38.3 Å². The second-order valence-corrected chi connectivity index (χ2v) is 9.98. The van der Waals surface area contributed by atoms with Gasteiger partial charge < -0.3 is 20.3 Å². The molecule has 3 aliphatic heterocycles. The van der Waals surface area contributed by atoms with Crippen LogP contribution >= 0.6 is 0 Å². The molecule has 1 aromatic heterocycles. The summed E-state index contributed by atoms with van der Waals surface area (Å²) >= 11 is 0. The fraction of sp³-hybridized carbons (Fsp3) is 0.414. The number of rotatable bonds is 0. The standard InChI is InChI=1S/C29H36N6O2/c1-34-20-23-5-2-4-22(16-23)17-25-19-28(32-21-31-25)33-24-6-3-7-27(18-24)37-15-11-30-29(36)10-14-35-12-8-26(34)9-13-35/h2-7,16,18-19,21,26H,8-15,17,20H2,1H3,(H,30,36)(H,31,32,33). The van der Waals surface area contributed by atoms with Crippen LogP contribution in [-0.2, 0) is 17.8 Å². The minimum atomic E-state index is 0.0761. The summed E-state index contributed by atoms with van der Waals surface area (Å²) in [6.07, 6.45) is 5.13. The van der Waals surface area contributed by atoms with Crippen LogP contribution in [0.5, 0.6) is 5.75 Å². The van der Waals surface area contributed by atoms with Crippen molar-refractivity contribution in [1.82, 2.24) is 25.1 Å². The van der Waals surface area contributed by atoms with Gasteiger partial charge in [0.2, 0.25) is 5.91 Å². The minimum Gasteiger partial charge on any atom is -0.492 e. The Bertz CT molecular complexity index is 1190. The van der Waals surface area contributed by atoms with E-state index in [9.17, 15) is 4.79 Å². The first-order chi connectivity index (χ1) is 18.1. The highest BCUT2D eigenvalue weighted by Crippen LogP contribution is 2.22. The third-order valence-electron chi connectivity index (χ3n) is 7.17. The van der Waals surface area contributed by atoms with Gasteiger partial charge in [0.25, 0.3) is 0 Å². The van der Waals surface area contributed by atoms with E-state index in [1.165, 1.54) is 11.1 Å². The second kappa shape index (κ2) is 12.2. The van der Waals surface area contributed by atoms with E-state index in [1.54, 1.807) is 6.33 Å². The number of nitrogens with zero attached hydrogens (tertiary/aromatic N) is 4. The maximum atomic E-state index is 12.3. The number of aromatic nitrogens is 2. The van der Waals surface area contributed by atoms with Crippen LogP contribution in [0.4, 0.5) is 11.5 Å². The maximum Gasteiger partial charge on any atom is 0.221 e. The Kier molecular flexibility index (Phi) is 8.28. The van der Waals surface area contributed by atoms with Gasteiger partial charge in [-0.25, -0.2) is 9.97 Å². The summed E-state index contributed by atoms with van der Waals surface area (Å²) in [4.78, 5) is 26.1. The molecule has 0 aliphatic carbocycles. The van der Waals surface area contributed by atoms with Crippen LogP contribution in [0.3, 0.4) is 0 Å². The molecule has 0 saturated carbocycles. The SMILES string of the molecule is CN1Cc2cccc(c2)Cc2cc(ncn2)Nc2cccc(c2)OCCNC(=O)CCN2CCC1CC2. The van der Waals surface area contributed by atoms with E-state index in [1.807, 2.05) is 30.3 Å². The van der Waals surface area contributed by atoms with Gasteiger partial charge in [0.1, 0.15) is 24.5 Å². The molecule has 8 heteroatoms. The highest BCUT2D eigenvalue weighted by molar-refractivity contribution is 5.76. The highest BCUT2D eigenvalue weighted by atomic mass is 16.5. The molecule has 3 aromatic rings. The summed E-state index contributed by atoms with van der Waals surface area (Å²) in [5, 5.41) is 6.34. The molecule has 8 bridgehead atoms. The predicted molar refractivity (Wildman–Crippen MR) is 145 cm³/mol. The lowest BCUT2D eigenvalue weighted by Gasteiger charge is -2.36. The van der Waals surface area contributed by atoms with Crippen molar-refractivity contribution < 1.29 is 9.53 Å². The topological polar surface area (TPSA) is 82.6 Å². The van der Waals surface area contributed by atoms with Gasteiger partial charge >= 0.3 is 0 Å². The van der Waals surface area contributed by atoms with E-state index in [2.05, 4.69) is 61.7 Å². The van der Waals surface area contributed by atoms with E-state index in [0.29, 0.717) is 25.6 Å². The molecule has 1 amide bonds. The van der Waals surface area contributed by atoms with Gasteiger partial charge in [-0.15, -0.1) is 0 Å². The molecule has 8 nitrogen and oxygen atoms in total. The lowest BCUT2D eigenvalue weighted by Crippen LogP contribution is -2.44. The number of nitrogens with one attached hydrogen (secondary N) is 2. The fourth-order valence-corrected chi connectivity index (χ4v) is 5.13. The zero-order valence-corrected chi connectivity index (χ0v) is 21.5. The average molecular weight is 501 g/mol. The van der Waals surface area contributed by atoms with E-state index >= 15 is 0 Å². The lowest BCUT2D eigenvalue weighted by atomic mass is 10.0. The number of amides is 1. The molecular formula is C29H36N6O2. The van der Waals surface area contributed by atoms with Gasteiger partial charge in [-0.1, -0.05) is 30.3 Å². The van der Waals surface area contributed by atoms with Gasteiger partial charge in [-0.3, -0.25) is 9.69 Å². The summed E-state index contributed by atoms with van der Waals surface area (Å²) < 4.78 is 5.87. The van der Waals surface area contributed by atoms with Crippen LogP contribution in [-0.4, -0.2) is 71.6 Å². The quantitative estimate of drug-likeness (QED) is 0.488. The van der Waals surface area contributed by atoms with Gasteiger partial charge in [-0.05, 0) is 56.2 Å². The molecule has 0 radical (unpaired) electrons. The molecule has 194 valence electrons. The number of ether oxygens (including phenoxy) is 1. The van der Waals surface area contributed by atoms with Crippen LogP contribution in [0.1, 0.15) is 36.1 Å². The van der Waals surface area contributed by atoms with E-state index in [4.69, 9.17) is 4.74 Å². The molecule has 1 saturated heterocycles. The fourth-order valence-electron chi connectivity index (χ4n) is 5.13. The number of hydrogen-bond donors (Lipinski definition) is 2. The van der Waals surface area contributed by atoms with Crippen molar-refractivity contribution in [1.29, 1.82) is 0 Å². The first kappa shape index (κ1) is 25.2. The molecule has 3 aliphatic rings. The second-order valence-electron chi connectivity index (χ2n) is 9.98. The summed E-state index contributed by atoms with van der Waals surface area (Å²) in [6.45, 7) is 4.71. The van der Waals surface area contributed by atoms with Crippen LogP contribution in [0.2, 0.25) is 0 Å². The number of carbonyl (C=O) groups excluding carboxylic acids is 1. The summed E-state index contributed by atoms with van der Waals surface area (Å²) in [6, 6.07) is 19.1. The Hall–Kier alpha value is -3.49. The third-order valence-corrected chi connectivity index (χ3v) is 7.17. The Balaban J connectivity index is 1.33. The van der Waals surface area contributed by atoms with E-state index in [0.717, 1.165) is 68.4 Å². The van der Waals surface area contributed by atoms with Crippen LogP contribution in [0, 0.1) is 0 Å². The minimum absolute atomic E-state index is 0.0761. The van der Waals surface area contributed by atoms with Crippen LogP contribution in [0.15, 0.2) is 60.9 Å². The highest BCUT2D eigenvalue weighted by Gasteiger charge is 2.23. The average Bonchev–Trinajstić information content (AvgIpc) is 2.90. The molecule has 0 atom stereocenters. The first-order valence-corrected chi connectivity index (χ1v) is 13.2. The van der Waals surface area contributed by atoms with Gasteiger partial charge in [-0.2, -0.15) is 0 Å². The molecule has 1 fully saturated rings. The first-order valence-electron chi connectivity index (χ1n) is 13.2. The van der Waals surface area contributed by atoms with E-state index in [-0.39, 0.29) is 5.91 Å². The van der Waals surface area contributed by atoms with Crippen LogP contribution in [0.25, 0.3) is 0 Å². The van der Waals surface area contributed by atoms with Crippen molar-refractivity contribution in [2.24, 2.45) is 0 Å². The molecule has 0 unspecified atom stereocenters. The maximum absolute atomic E-state index is 12.3. The largest absolute Gasteiger partial charge is 0.492 e. The smallest absolute Gasteiger partial charge is 0.221 e. The number of carbonyl (C=O) groups is 1. The van der Waals surface area contributed by atoms with Crippen molar-refractivity contribution in [3.05, 3.63) is 77.7 Å². The molecule has 4 heterocycles. The Morgan fingerprint density at radius 3 is 2.70 bits per heavy atom. The zero-order valence-electron chi connectivity index (χ0n) is 21.5. The molecule has 37 heavy (non-hydrogen) atoms. The summed E-state index contributed by atoms with van der Waals surface area (Å²) in [7, 11) is 2.23. The Morgan fingerprint density at radius 1 is 0.973 bits per heavy atom. The monoisotopic (exact) mass is 500 g/mol. The molecule has 2 aromatic carbocycles. The normalized spacial score (nSPS) is 21.7. The number of hydrogen-bond acceptors (Lipinski definition) is 7. The number of fused-ring (bicyclic) bond motifs is 9. The number of piperidine rings is 1. The Morgan fingerprint density at radius 2 is 1.81 bits per heavy atom. The van der Waals surface area contributed by atoms with Gasteiger partial charge in [0.05, 0.1) is 12.2 Å². The molecule has 2 N–H and O–H groups in total. The predicted octanol–water partition coefficient (Wildman–Crippen LogP) is 3.61. The lowest BCUT2D eigenvalue weighted by molar-refractivity contribution is -0.121. The van der Waals surface area contributed by atoms with Gasteiger partial charge in [0, 0.05) is 49.8 Å².